The lowest BCUT2D eigenvalue weighted by Gasteiger charge is -2.46. The van der Waals surface area contributed by atoms with Crippen LogP contribution >= 0.6 is 11.8 Å². The maximum absolute atomic E-state index is 14.9. The van der Waals surface area contributed by atoms with Gasteiger partial charge >= 0.3 is 0 Å². The molecule has 0 bridgehead atoms. The van der Waals surface area contributed by atoms with Gasteiger partial charge in [0.15, 0.2) is 23.4 Å². The van der Waals surface area contributed by atoms with Gasteiger partial charge in [0, 0.05) is 23.2 Å². The zero-order valence-corrected chi connectivity index (χ0v) is 19.2. The second-order valence-electron chi connectivity index (χ2n) is 7.91. The molecule has 1 aliphatic rings. The van der Waals surface area contributed by atoms with E-state index in [4.69, 9.17) is 16.9 Å². The molecule has 0 spiro atoms. The number of nitrogens with zero attached hydrogens (tertiary/aromatic N) is 3. The number of aliphatic imine (C=N–C) groups is 1. The van der Waals surface area contributed by atoms with Crippen LogP contribution in [0.2, 0.25) is 0 Å². The van der Waals surface area contributed by atoms with E-state index in [0.717, 1.165) is 18.3 Å². The van der Waals surface area contributed by atoms with Crippen molar-refractivity contribution in [2.24, 2.45) is 16.6 Å². The lowest BCUT2D eigenvalue weighted by molar-refractivity contribution is 0.0571. The van der Waals surface area contributed by atoms with E-state index in [1.54, 1.807) is 0 Å². The van der Waals surface area contributed by atoms with Gasteiger partial charge in [-0.05, 0) is 19.9 Å². The van der Waals surface area contributed by atoms with Crippen LogP contribution in [0.3, 0.4) is 0 Å². The number of hydrogen-bond donors (Lipinski definition) is 2. The minimum Gasteiger partial charge on any atom is -0.463 e. The molecular formula is C22H21F4N5O2S. The fraction of sp³-hybridized carbons (Fsp3) is 0.364. The fourth-order valence-corrected chi connectivity index (χ4v) is 4.78. The summed E-state index contributed by atoms with van der Waals surface area (Å²) in [5.74, 6) is -1.95. The van der Waals surface area contributed by atoms with Crippen molar-refractivity contribution < 1.29 is 27.1 Å². The highest BCUT2D eigenvalue weighted by Crippen LogP contribution is 2.53. The second-order valence-corrected chi connectivity index (χ2v) is 9.41. The van der Waals surface area contributed by atoms with Crippen molar-refractivity contribution in [3.8, 4) is 18.2 Å². The maximum atomic E-state index is 14.9. The SMILES string of the molecule is C#CCOc1cnc(C(=O)Nc2cc(F)c(F)c([C@@]3(C)N=C(N)S[C@](C)(C(F)F)C3C)c2)cn1. The van der Waals surface area contributed by atoms with Crippen molar-refractivity contribution >= 4 is 28.5 Å². The smallest absolute Gasteiger partial charge is 0.275 e. The van der Waals surface area contributed by atoms with Gasteiger partial charge < -0.3 is 15.8 Å². The number of halogens is 4. The molecule has 0 fully saturated rings. The number of terminal acetylenes is 1. The van der Waals surface area contributed by atoms with Crippen molar-refractivity contribution in [1.29, 1.82) is 0 Å². The minimum atomic E-state index is -2.82. The molecule has 0 saturated carbocycles. The number of amidine groups is 1. The van der Waals surface area contributed by atoms with Crippen molar-refractivity contribution in [3.63, 3.8) is 0 Å². The number of ether oxygens (including phenoxy) is 1. The normalized spacial score (nSPS) is 24.3. The molecule has 0 saturated heterocycles. The molecule has 1 unspecified atom stereocenters. The van der Waals surface area contributed by atoms with E-state index in [1.807, 2.05) is 0 Å². The highest BCUT2D eigenvalue weighted by Gasteiger charge is 2.54. The van der Waals surface area contributed by atoms with Gasteiger partial charge in [-0.3, -0.25) is 9.79 Å². The van der Waals surface area contributed by atoms with Crippen LogP contribution in [0.4, 0.5) is 23.2 Å². The monoisotopic (exact) mass is 495 g/mol. The quantitative estimate of drug-likeness (QED) is 0.465. The third kappa shape index (κ3) is 4.65. The Morgan fingerprint density at radius 1 is 1.32 bits per heavy atom. The third-order valence-corrected chi connectivity index (χ3v) is 7.07. The average molecular weight is 496 g/mol. The van der Waals surface area contributed by atoms with Gasteiger partial charge in [0.2, 0.25) is 5.88 Å². The Balaban J connectivity index is 1.96. The molecule has 1 aromatic heterocycles. The summed E-state index contributed by atoms with van der Waals surface area (Å²) in [5, 5.41) is 2.22. The summed E-state index contributed by atoms with van der Waals surface area (Å²) in [6.07, 6.45) is 4.56. The van der Waals surface area contributed by atoms with Gasteiger partial charge in [-0.1, -0.05) is 24.6 Å². The molecule has 12 heteroatoms. The molecule has 0 radical (unpaired) electrons. The van der Waals surface area contributed by atoms with E-state index in [9.17, 15) is 22.4 Å². The van der Waals surface area contributed by atoms with E-state index < -0.39 is 40.2 Å². The highest BCUT2D eigenvalue weighted by atomic mass is 32.2. The summed E-state index contributed by atoms with van der Waals surface area (Å²) in [5.41, 5.74) is 3.57. The zero-order chi connectivity index (χ0) is 25.3. The number of rotatable bonds is 6. The Hall–Kier alpha value is -3.33. The van der Waals surface area contributed by atoms with Gasteiger partial charge in [0.05, 0.1) is 22.7 Å². The molecule has 34 heavy (non-hydrogen) atoms. The number of nitrogens with two attached hydrogens (primary N) is 1. The fourth-order valence-electron chi connectivity index (χ4n) is 3.60. The first-order valence-corrected chi connectivity index (χ1v) is 10.8. The summed E-state index contributed by atoms with van der Waals surface area (Å²) in [6.45, 7) is 4.12. The van der Waals surface area contributed by atoms with Crippen molar-refractivity contribution in [2.75, 3.05) is 11.9 Å². The van der Waals surface area contributed by atoms with Crippen LogP contribution < -0.4 is 15.8 Å². The summed E-state index contributed by atoms with van der Waals surface area (Å²) >= 11 is 0.685. The Bertz CT molecular complexity index is 1170. The van der Waals surface area contributed by atoms with E-state index >= 15 is 0 Å². The molecule has 2 aromatic rings. The number of aromatic nitrogens is 2. The summed E-state index contributed by atoms with van der Waals surface area (Å²) in [6, 6.07) is 1.91. The van der Waals surface area contributed by atoms with E-state index in [1.165, 1.54) is 27.0 Å². The van der Waals surface area contributed by atoms with Gasteiger partial charge in [0.1, 0.15) is 5.69 Å². The van der Waals surface area contributed by atoms with Gasteiger partial charge in [-0.15, -0.1) is 6.42 Å². The first-order valence-electron chi connectivity index (χ1n) is 9.94. The summed E-state index contributed by atoms with van der Waals surface area (Å²) in [7, 11) is 0. The molecule has 180 valence electrons. The van der Waals surface area contributed by atoms with Crippen LogP contribution in [0.5, 0.6) is 5.88 Å². The van der Waals surface area contributed by atoms with Crippen LogP contribution in [0.25, 0.3) is 0 Å². The van der Waals surface area contributed by atoms with E-state index in [2.05, 4.69) is 26.2 Å². The third-order valence-electron chi connectivity index (χ3n) is 5.80. The second kappa shape index (κ2) is 9.50. The molecule has 7 nitrogen and oxygen atoms in total. The zero-order valence-electron chi connectivity index (χ0n) is 18.4. The summed E-state index contributed by atoms with van der Waals surface area (Å²) < 4.78 is 60.7. The molecule has 1 aliphatic heterocycles. The van der Waals surface area contributed by atoms with Crippen LogP contribution in [0, 0.1) is 29.9 Å². The van der Waals surface area contributed by atoms with Crippen LogP contribution in [0.1, 0.15) is 36.8 Å². The first kappa shape index (κ1) is 25.3. The number of amides is 1. The first-order chi connectivity index (χ1) is 15.9. The lowest BCUT2D eigenvalue weighted by atomic mass is 9.73. The highest BCUT2D eigenvalue weighted by molar-refractivity contribution is 8.15. The molecule has 1 aromatic carbocycles. The number of alkyl halides is 2. The largest absolute Gasteiger partial charge is 0.463 e. The van der Waals surface area contributed by atoms with Crippen molar-refractivity contribution in [3.05, 3.63) is 47.4 Å². The predicted molar refractivity (Wildman–Crippen MR) is 121 cm³/mol. The van der Waals surface area contributed by atoms with Gasteiger partial charge in [-0.25, -0.2) is 27.5 Å². The molecule has 1 amide bonds. The molecule has 3 N–H and O–H groups in total. The number of benzene rings is 1. The Kier molecular flexibility index (Phi) is 7.07. The van der Waals surface area contributed by atoms with Crippen molar-refractivity contribution in [2.45, 2.75) is 37.5 Å². The van der Waals surface area contributed by atoms with Crippen LogP contribution in [-0.2, 0) is 5.54 Å². The lowest BCUT2D eigenvalue weighted by Crippen LogP contribution is -2.52. The number of anilines is 1. The maximum Gasteiger partial charge on any atom is 0.275 e. The van der Waals surface area contributed by atoms with Gasteiger partial charge in [-0.2, -0.15) is 0 Å². The topological polar surface area (TPSA) is 102 Å². The number of carbonyl (C=O) groups is 1. The molecule has 0 aliphatic carbocycles. The van der Waals surface area contributed by atoms with E-state index in [0.29, 0.717) is 11.8 Å². The Labute approximate surface area is 197 Å². The van der Waals surface area contributed by atoms with Crippen LogP contribution in [0.15, 0.2) is 29.5 Å². The van der Waals surface area contributed by atoms with Crippen LogP contribution in [-0.4, -0.2) is 38.8 Å². The van der Waals surface area contributed by atoms with E-state index in [-0.39, 0.29) is 34.6 Å². The Morgan fingerprint density at radius 2 is 2.03 bits per heavy atom. The summed E-state index contributed by atoms with van der Waals surface area (Å²) in [4.78, 5) is 24.5. The molecule has 3 rings (SSSR count). The number of nitrogens with one attached hydrogen (secondary N) is 1. The standard InChI is InChI=1S/C22H21F4N5O2S/c1-5-6-33-16-10-28-15(9-29-16)18(32)30-12-7-13(17(24)14(23)8-12)21(3)11(2)22(4,19(25)26)34-20(27)31-21/h1,7-11,19H,6H2,2-4H3,(H2,27,31)(H,30,32)/t11?,21-,22-/m0/s1. The van der Waals surface area contributed by atoms with Gasteiger partial charge in [0.25, 0.3) is 12.3 Å². The minimum absolute atomic E-state index is 0.0366. The molecule has 2 heterocycles. The molecular weight excluding hydrogens is 474 g/mol. The average Bonchev–Trinajstić information content (AvgIpc) is 2.78. The number of hydrogen-bond acceptors (Lipinski definition) is 7. The Morgan fingerprint density at radius 3 is 2.62 bits per heavy atom. The predicted octanol–water partition coefficient (Wildman–Crippen LogP) is 3.96. The molecule has 3 atom stereocenters. The number of carbonyl (C=O) groups excluding carboxylic acids is 1. The van der Waals surface area contributed by atoms with Crippen molar-refractivity contribution in [1.82, 2.24) is 9.97 Å². The number of thioether (sulfide) groups is 1.